The van der Waals surface area contributed by atoms with Crippen molar-refractivity contribution in [1.29, 1.82) is 0 Å². The van der Waals surface area contributed by atoms with E-state index in [1.54, 1.807) is 0 Å². The maximum Gasteiger partial charge on any atom is 0.104 e. The molecule has 54 valence electrons. The smallest absolute Gasteiger partial charge is 0.104 e. The third-order valence-corrected chi connectivity index (χ3v) is 1.78. The highest BCUT2D eigenvalue weighted by Gasteiger charge is 2.04. The number of hydrogen-bond donors (Lipinski definition) is 2. The van der Waals surface area contributed by atoms with E-state index < -0.39 is 0 Å². The van der Waals surface area contributed by atoms with Gasteiger partial charge < -0.3 is 5.11 Å². The van der Waals surface area contributed by atoms with Gasteiger partial charge in [0.1, 0.15) is 6.23 Å². The van der Waals surface area contributed by atoms with Crippen LogP contribution in [0.3, 0.4) is 0 Å². The fraction of sp³-hybridized carbons (Fsp3) is 1.00. The minimum Gasteiger partial charge on any atom is -0.379 e. The van der Waals surface area contributed by atoms with Crippen molar-refractivity contribution in [3.63, 3.8) is 0 Å². The van der Waals surface area contributed by atoms with Crippen molar-refractivity contribution < 1.29 is 5.11 Å². The molecule has 1 fully saturated rings. The molecule has 1 aliphatic heterocycles. The minimum absolute atomic E-state index is 0.231. The number of aliphatic hydroxyl groups excluding tert-OH is 1. The minimum atomic E-state index is -0.231. The molecule has 0 amide bonds. The molecule has 1 heterocycles. The molecule has 1 aliphatic rings. The lowest BCUT2D eigenvalue weighted by Gasteiger charge is -2.15. The van der Waals surface area contributed by atoms with Crippen molar-refractivity contribution in [3.8, 4) is 0 Å². The van der Waals surface area contributed by atoms with E-state index in [2.05, 4.69) is 5.32 Å². The number of nitrogens with one attached hydrogen (secondary N) is 1. The van der Waals surface area contributed by atoms with Crippen LogP contribution in [0.5, 0.6) is 0 Å². The second-order valence-electron chi connectivity index (χ2n) is 2.67. The summed E-state index contributed by atoms with van der Waals surface area (Å²) >= 11 is 0. The van der Waals surface area contributed by atoms with E-state index >= 15 is 0 Å². The Morgan fingerprint density at radius 1 is 1.11 bits per heavy atom. The number of rotatable bonds is 0. The maximum atomic E-state index is 9.10. The Kier molecular flexibility index (Phi) is 3.01. The monoisotopic (exact) mass is 129 g/mol. The summed E-state index contributed by atoms with van der Waals surface area (Å²) in [5, 5.41) is 12.1. The fourth-order valence-electron chi connectivity index (χ4n) is 1.19. The van der Waals surface area contributed by atoms with E-state index in [1.807, 2.05) is 0 Å². The Labute approximate surface area is 56.3 Å². The highest BCUT2D eigenvalue weighted by atomic mass is 16.3. The first-order chi connectivity index (χ1) is 4.39. The van der Waals surface area contributed by atoms with Crippen LogP contribution >= 0.6 is 0 Å². The van der Waals surface area contributed by atoms with Gasteiger partial charge in [-0.1, -0.05) is 12.8 Å². The molecule has 2 heteroatoms. The summed E-state index contributed by atoms with van der Waals surface area (Å²) in [6.07, 6.45) is 5.70. The molecule has 2 N–H and O–H groups in total. The van der Waals surface area contributed by atoms with Crippen LogP contribution in [0.25, 0.3) is 0 Å². The molecular formula is C7H15NO. The van der Waals surface area contributed by atoms with Gasteiger partial charge in [0, 0.05) is 0 Å². The van der Waals surface area contributed by atoms with Crippen molar-refractivity contribution in [3.05, 3.63) is 0 Å². The van der Waals surface area contributed by atoms with Crippen LogP contribution in [0.15, 0.2) is 0 Å². The molecule has 0 bridgehead atoms. The van der Waals surface area contributed by atoms with E-state index in [-0.39, 0.29) is 6.23 Å². The lowest BCUT2D eigenvalue weighted by atomic mass is 10.1. The zero-order chi connectivity index (χ0) is 6.53. The molecule has 0 aromatic heterocycles. The van der Waals surface area contributed by atoms with Gasteiger partial charge in [-0.25, -0.2) is 0 Å². The Balaban J connectivity index is 2.12. The zero-order valence-electron chi connectivity index (χ0n) is 5.77. The summed E-state index contributed by atoms with van der Waals surface area (Å²) in [7, 11) is 0. The first-order valence-electron chi connectivity index (χ1n) is 3.81. The Morgan fingerprint density at radius 2 is 1.89 bits per heavy atom. The van der Waals surface area contributed by atoms with Gasteiger partial charge in [-0.2, -0.15) is 0 Å². The van der Waals surface area contributed by atoms with Crippen LogP contribution in [0.2, 0.25) is 0 Å². The van der Waals surface area contributed by atoms with Crippen LogP contribution in [-0.2, 0) is 0 Å². The largest absolute Gasteiger partial charge is 0.379 e. The van der Waals surface area contributed by atoms with E-state index in [0.717, 1.165) is 13.0 Å². The molecule has 2 nitrogen and oxygen atoms in total. The van der Waals surface area contributed by atoms with Crippen LogP contribution < -0.4 is 5.32 Å². The van der Waals surface area contributed by atoms with Crippen molar-refractivity contribution in [2.24, 2.45) is 0 Å². The predicted molar refractivity (Wildman–Crippen MR) is 37.1 cm³/mol. The Morgan fingerprint density at radius 3 is 2.78 bits per heavy atom. The lowest BCUT2D eigenvalue weighted by Crippen LogP contribution is -2.30. The molecule has 0 aromatic carbocycles. The van der Waals surface area contributed by atoms with E-state index in [4.69, 9.17) is 5.11 Å². The highest BCUT2D eigenvalue weighted by molar-refractivity contribution is 4.58. The summed E-state index contributed by atoms with van der Waals surface area (Å²) in [5.41, 5.74) is 0. The van der Waals surface area contributed by atoms with Gasteiger partial charge >= 0.3 is 0 Å². The first kappa shape index (κ1) is 7.03. The molecule has 0 radical (unpaired) electrons. The van der Waals surface area contributed by atoms with Gasteiger partial charge in [0.05, 0.1) is 0 Å². The molecule has 0 spiro atoms. The van der Waals surface area contributed by atoms with E-state index in [1.165, 1.54) is 25.7 Å². The van der Waals surface area contributed by atoms with Gasteiger partial charge in [-0.3, -0.25) is 5.32 Å². The van der Waals surface area contributed by atoms with Crippen LogP contribution in [0.1, 0.15) is 32.1 Å². The van der Waals surface area contributed by atoms with Gasteiger partial charge in [-0.05, 0) is 25.8 Å². The fourth-order valence-corrected chi connectivity index (χ4v) is 1.19. The molecular weight excluding hydrogens is 114 g/mol. The van der Waals surface area contributed by atoms with Crippen molar-refractivity contribution in [2.75, 3.05) is 6.54 Å². The second kappa shape index (κ2) is 3.85. The summed E-state index contributed by atoms with van der Waals surface area (Å²) < 4.78 is 0. The predicted octanol–water partition coefficient (Wildman–Crippen LogP) is 0.859. The first-order valence-corrected chi connectivity index (χ1v) is 3.81. The molecule has 1 atom stereocenters. The molecule has 1 rings (SSSR count). The normalized spacial score (nSPS) is 31.0. The number of aliphatic hydroxyl groups is 1. The number of hydrogen-bond acceptors (Lipinski definition) is 2. The highest BCUT2D eigenvalue weighted by Crippen LogP contribution is 2.07. The van der Waals surface area contributed by atoms with Gasteiger partial charge in [0.25, 0.3) is 0 Å². The summed E-state index contributed by atoms with van der Waals surface area (Å²) in [6, 6.07) is 0. The van der Waals surface area contributed by atoms with Crippen LogP contribution in [-0.4, -0.2) is 17.9 Å². The van der Waals surface area contributed by atoms with Crippen LogP contribution in [0.4, 0.5) is 0 Å². The molecule has 1 unspecified atom stereocenters. The Hall–Kier alpha value is -0.0800. The molecule has 0 aromatic rings. The summed E-state index contributed by atoms with van der Waals surface area (Å²) in [4.78, 5) is 0. The maximum absolute atomic E-state index is 9.10. The molecule has 1 saturated heterocycles. The standard InChI is InChI=1S/C7H15NO/c9-7-5-3-1-2-4-6-8-7/h7-9H,1-6H2. The summed E-state index contributed by atoms with van der Waals surface area (Å²) in [5.74, 6) is 0. The molecule has 9 heavy (non-hydrogen) atoms. The van der Waals surface area contributed by atoms with Gasteiger partial charge in [0.15, 0.2) is 0 Å². The topological polar surface area (TPSA) is 32.3 Å². The molecule has 0 saturated carbocycles. The average Bonchev–Trinajstić information content (AvgIpc) is 1.79. The lowest BCUT2D eigenvalue weighted by molar-refractivity contribution is 0.119. The average molecular weight is 129 g/mol. The Bertz CT molecular complexity index is 67.3. The second-order valence-corrected chi connectivity index (χ2v) is 2.67. The van der Waals surface area contributed by atoms with E-state index in [0.29, 0.717) is 0 Å². The van der Waals surface area contributed by atoms with Gasteiger partial charge in [0.2, 0.25) is 0 Å². The molecule has 0 aliphatic carbocycles. The summed E-state index contributed by atoms with van der Waals surface area (Å²) in [6.45, 7) is 0.987. The zero-order valence-corrected chi connectivity index (χ0v) is 5.77. The third-order valence-electron chi connectivity index (χ3n) is 1.78. The quantitative estimate of drug-likeness (QED) is 0.508. The van der Waals surface area contributed by atoms with Crippen molar-refractivity contribution >= 4 is 0 Å². The third kappa shape index (κ3) is 2.82. The van der Waals surface area contributed by atoms with Gasteiger partial charge in [-0.15, -0.1) is 0 Å². The van der Waals surface area contributed by atoms with Crippen molar-refractivity contribution in [1.82, 2.24) is 5.32 Å². The van der Waals surface area contributed by atoms with E-state index in [9.17, 15) is 0 Å². The van der Waals surface area contributed by atoms with Crippen molar-refractivity contribution in [2.45, 2.75) is 38.3 Å². The van der Waals surface area contributed by atoms with Crippen LogP contribution in [0, 0.1) is 0 Å². The SMILES string of the molecule is OC1CCCCCCN1.